The van der Waals surface area contributed by atoms with Gasteiger partial charge in [0.25, 0.3) is 0 Å². The maximum absolute atomic E-state index is 15.0. The molecule has 2 N–H and O–H groups in total. The van der Waals surface area contributed by atoms with Crippen molar-refractivity contribution in [2.75, 3.05) is 19.1 Å². The van der Waals surface area contributed by atoms with Crippen molar-refractivity contribution in [3.63, 3.8) is 0 Å². The highest BCUT2D eigenvalue weighted by molar-refractivity contribution is 5.75. The molecule has 2 saturated heterocycles. The molecule has 0 amide bonds. The van der Waals surface area contributed by atoms with Gasteiger partial charge in [0.1, 0.15) is 11.6 Å². The van der Waals surface area contributed by atoms with Crippen molar-refractivity contribution >= 4 is 5.82 Å². The largest absolute Gasteiger partial charge is 0.507 e. The first-order valence-corrected chi connectivity index (χ1v) is 11.4. The molecule has 4 heterocycles. The number of halogens is 1. The Labute approximate surface area is 198 Å². The van der Waals surface area contributed by atoms with Gasteiger partial charge in [-0.25, -0.2) is 4.39 Å². The summed E-state index contributed by atoms with van der Waals surface area (Å²) in [5, 5.41) is 30.8. The maximum atomic E-state index is 15.0. The number of piperidine rings is 1. The summed E-state index contributed by atoms with van der Waals surface area (Å²) in [5.41, 5.74) is 1.62. The number of benzene rings is 1. The number of rotatable bonds is 5. The van der Waals surface area contributed by atoms with E-state index in [1.807, 2.05) is 6.07 Å². The number of aromatic hydroxyl groups is 1. The van der Waals surface area contributed by atoms with Crippen LogP contribution in [-0.2, 0) is 0 Å². The Morgan fingerprint density at radius 3 is 2.44 bits per heavy atom. The summed E-state index contributed by atoms with van der Waals surface area (Å²) in [5.74, 6) is 0.403. The molecule has 2 fully saturated rings. The molecule has 8 nitrogen and oxygen atoms in total. The number of nitrogens with zero attached hydrogens (tertiary/aromatic N) is 5. The summed E-state index contributed by atoms with van der Waals surface area (Å²) >= 11 is 0. The number of hydrogen-bond donors (Lipinski definition) is 2. The fourth-order valence-corrected chi connectivity index (χ4v) is 5.52. The number of phenolic OH excluding ortho intramolecular Hbond substituents is 1. The average molecular weight is 465 g/mol. The van der Waals surface area contributed by atoms with E-state index in [4.69, 9.17) is 4.74 Å². The lowest BCUT2D eigenvalue weighted by molar-refractivity contribution is 0.207. The Kier molecular flexibility index (Phi) is 5.39. The molecule has 178 valence electrons. The molecule has 0 aliphatic carbocycles. The molecular formula is C25H29FN6O2. The van der Waals surface area contributed by atoms with E-state index < -0.39 is 5.82 Å². The highest BCUT2D eigenvalue weighted by Gasteiger charge is 2.49. The number of fused-ring (bicyclic) bond motifs is 2. The first kappa shape index (κ1) is 22.5. The van der Waals surface area contributed by atoms with Gasteiger partial charge in [-0.1, -0.05) is 0 Å². The molecule has 2 aromatic heterocycles. The zero-order valence-corrected chi connectivity index (χ0v) is 19.8. The highest BCUT2D eigenvalue weighted by Crippen LogP contribution is 2.44. The Bertz CT molecular complexity index is 1200. The predicted octanol–water partition coefficient (Wildman–Crippen LogP) is 3.95. The molecule has 2 aliphatic heterocycles. The van der Waals surface area contributed by atoms with Crippen molar-refractivity contribution in [2.45, 2.75) is 56.7 Å². The maximum Gasteiger partial charge on any atom is 0.233 e. The second kappa shape index (κ2) is 8.16. The van der Waals surface area contributed by atoms with Gasteiger partial charge in [-0.15, -0.1) is 15.3 Å². The number of aromatic nitrogens is 4. The Morgan fingerprint density at radius 2 is 1.79 bits per heavy atom. The summed E-state index contributed by atoms with van der Waals surface area (Å²) in [6, 6.07) is 8.17. The van der Waals surface area contributed by atoms with Crippen molar-refractivity contribution in [3.8, 4) is 34.0 Å². The van der Waals surface area contributed by atoms with Gasteiger partial charge < -0.3 is 20.1 Å². The molecule has 3 atom stereocenters. The third-order valence-corrected chi connectivity index (χ3v) is 7.28. The lowest BCUT2D eigenvalue weighted by Crippen LogP contribution is -2.58. The van der Waals surface area contributed by atoms with E-state index in [2.05, 4.69) is 51.5 Å². The summed E-state index contributed by atoms with van der Waals surface area (Å²) in [6.45, 7) is 4.60. The zero-order valence-electron chi connectivity index (χ0n) is 19.8. The van der Waals surface area contributed by atoms with E-state index in [0.717, 1.165) is 18.7 Å². The van der Waals surface area contributed by atoms with Crippen molar-refractivity contribution < 1.29 is 14.2 Å². The molecule has 3 aromatic rings. The number of methoxy groups -OCH3 is 1. The molecule has 9 heteroatoms. The van der Waals surface area contributed by atoms with Crippen LogP contribution in [0.15, 0.2) is 36.5 Å². The monoisotopic (exact) mass is 464 g/mol. The van der Waals surface area contributed by atoms with Crippen LogP contribution in [0.1, 0.15) is 39.5 Å². The SMILES string of the molecule is COc1cc(-c2cc(O)c(-c3ccc(N(C)[C@H]4C[C@]5(C)CC[C@](C)(C4)N5)nn3)cc2F)cnn1. The molecule has 2 bridgehead atoms. The minimum absolute atomic E-state index is 0.0987. The van der Waals surface area contributed by atoms with Gasteiger partial charge in [0.2, 0.25) is 5.88 Å². The molecule has 0 unspecified atom stereocenters. The Hall–Kier alpha value is -3.33. The summed E-state index contributed by atoms with van der Waals surface area (Å²) in [6.07, 6.45) is 5.87. The van der Waals surface area contributed by atoms with Gasteiger partial charge in [-0.3, -0.25) is 0 Å². The lowest BCUT2D eigenvalue weighted by Gasteiger charge is -2.45. The molecular weight excluding hydrogens is 435 g/mol. The van der Waals surface area contributed by atoms with Gasteiger partial charge in [-0.05, 0) is 63.8 Å². The molecule has 0 radical (unpaired) electrons. The van der Waals surface area contributed by atoms with Crippen molar-refractivity contribution in [2.24, 2.45) is 0 Å². The smallest absolute Gasteiger partial charge is 0.233 e. The van der Waals surface area contributed by atoms with E-state index in [1.165, 1.54) is 38.3 Å². The van der Waals surface area contributed by atoms with Crippen LogP contribution in [-0.4, -0.2) is 56.8 Å². The normalized spacial score (nSPS) is 25.9. The summed E-state index contributed by atoms with van der Waals surface area (Å²) in [7, 11) is 3.51. The fourth-order valence-electron chi connectivity index (χ4n) is 5.52. The van der Waals surface area contributed by atoms with Gasteiger partial charge in [0, 0.05) is 46.9 Å². The van der Waals surface area contributed by atoms with Crippen LogP contribution in [0.25, 0.3) is 22.4 Å². The quantitative estimate of drug-likeness (QED) is 0.586. The molecule has 2 aliphatic rings. The van der Waals surface area contributed by atoms with E-state index >= 15 is 0 Å². The number of ether oxygens (including phenoxy) is 1. The van der Waals surface area contributed by atoms with Crippen molar-refractivity contribution in [3.05, 3.63) is 42.3 Å². The Balaban J connectivity index is 1.39. The van der Waals surface area contributed by atoms with Crippen LogP contribution in [0.4, 0.5) is 10.2 Å². The predicted molar refractivity (Wildman–Crippen MR) is 127 cm³/mol. The minimum atomic E-state index is -0.516. The van der Waals surface area contributed by atoms with Crippen molar-refractivity contribution in [1.29, 1.82) is 0 Å². The topological polar surface area (TPSA) is 96.3 Å². The van der Waals surface area contributed by atoms with Gasteiger partial charge >= 0.3 is 0 Å². The van der Waals surface area contributed by atoms with E-state index in [-0.39, 0.29) is 33.8 Å². The number of nitrogens with one attached hydrogen (secondary N) is 1. The van der Waals surface area contributed by atoms with Gasteiger partial charge in [-0.2, -0.15) is 5.10 Å². The second-order valence-electron chi connectivity index (χ2n) is 10.0. The van der Waals surface area contributed by atoms with E-state index in [9.17, 15) is 9.50 Å². The molecule has 0 saturated carbocycles. The van der Waals surface area contributed by atoms with E-state index in [1.54, 1.807) is 12.1 Å². The van der Waals surface area contributed by atoms with Crippen LogP contribution in [0.3, 0.4) is 0 Å². The first-order valence-electron chi connectivity index (χ1n) is 11.4. The third-order valence-electron chi connectivity index (χ3n) is 7.28. The van der Waals surface area contributed by atoms with Gasteiger partial charge in [0.15, 0.2) is 5.82 Å². The summed E-state index contributed by atoms with van der Waals surface area (Å²) < 4.78 is 20.0. The van der Waals surface area contributed by atoms with Gasteiger partial charge in [0.05, 0.1) is 19.0 Å². The van der Waals surface area contributed by atoms with Crippen LogP contribution in [0.2, 0.25) is 0 Å². The van der Waals surface area contributed by atoms with Crippen LogP contribution in [0.5, 0.6) is 11.6 Å². The standard InChI is InChI=1S/C25H29FN6O2/c1-24-7-8-25(2,31-24)13-16(12-24)32(3)22-6-5-20(28-29-22)18-10-19(26)17(11-21(18)33)15-9-23(34-4)30-27-14-15/h5-6,9-11,14,16,31,33H,7-8,12-13H2,1-4H3/t16-,24-,25+. The fraction of sp³-hybridized carbons (Fsp3) is 0.440. The van der Waals surface area contributed by atoms with Crippen molar-refractivity contribution in [1.82, 2.24) is 25.7 Å². The number of hydrogen-bond acceptors (Lipinski definition) is 8. The zero-order chi connectivity index (χ0) is 24.1. The van der Waals surface area contributed by atoms with Crippen LogP contribution < -0.4 is 15.0 Å². The van der Waals surface area contributed by atoms with Crippen LogP contribution in [0, 0.1) is 5.82 Å². The van der Waals surface area contributed by atoms with E-state index in [0.29, 0.717) is 17.3 Å². The third kappa shape index (κ3) is 4.04. The first-order chi connectivity index (χ1) is 16.2. The molecule has 1 aromatic carbocycles. The minimum Gasteiger partial charge on any atom is -0.507 e. The molecule has 5 rings (SSSR count). The lowest BCUT2D eigenvalue weighted by atomic mass is 9.84. The second-order valence-corrected chi connectivity index (χ2v) is 10.0. The summed E-state index contributed by atoms with van der Waals surface area (Å²) in [4.78, 5) is 2.19. The number of anilines is 1. The Morgan fingerprint density at radius 1 is 1.06 bits per heavy atom. The highest BCUT2D eigenvalue weighted by atomic mass is 19.1. The molecule has 0 spiro atoms. The van der Waals surface area contributed by atoms with Crippen LogP contribution >= 0.6 is 0 Å². The average Bonchev–Trinajstić information content (AvgIpc) is 3.06. The molecule has 34 heavy (non-hydrogen) atoms. The number of phenols is 1.